The van der Waals surface area contributed by atoms with E-state index in [9.17, 15) is 0 Å². The van der Waals surface area contributed by atoms with Crippen molar-refractivity contribution in [1.82, 2.24) is 0 Å². The van der Waals surface area contributed by atoms with Crippen LogP contribution in [-0.4, -0.2) is 31.3 Å². The number of ether oxygens (including phenoxy) is 2. The standard InChI is InChI=1S/C12H17NO2S/c1-14-12-5-3-2-4-10(12)11(13)8-16-9-6-15-7-9/h2-5,9,11H,6-8,13H2,1H3. The fourth-order valence-electron chi connectivity index (χ4n) is 1.61. The van der Waals surface area contributed by atoms with Crippen molar-refractivity contribution < 1.29 is 9.47 Å². The Morgan fingerprint density at radius 1 is 1.50 bits per heavy atom. The predicted octanol–water partition coefficient (Wildman–Crippen LogP) is 1.83. The van der Waals surface area contributed by atoms with Crippen molar-refractivity contribution in [3.05, 3.63) is 29.8 Å². The van der Waals surface area contributed by atoms with E-state index in [-0.39, 0.29) is 6.04 Å². The lowest BCUT2D eigenvalue weighted by Crippen LogP contribution is -2.31. The van der Waals surface area contributed by atoms with E-state index in [1.807, 2.05) is 36.0 Å². The molecule has 1 aliphatic rings. The molecule has 0 saturated carbocycles. The highest BCUT2D eigenvalue weighted by Gasteiger charge is 2.20. The molecule has 0 bridgehead atoms. The minimum atomic E-state index is 0.0294. The van der Waals surface area contributed by atoms with Gasteiger partial charge in [-0.2, -0.15) is 11.8 Å². The summed E-state index contributed by atoms with van der Waals surface area (Å²) in [7, 11) is 1.68. The van der Waals surface area contributed by atoms with E-state index in [2.05, 4.69) is 0 Å². The maximum Gasteiger partial charge on any atom is 0.123 e. The molecule has 1 fully saturated rings. The molecule has 1 saturated heterocycles. The summed E-state index contributed by atoms with van der Waals surface area (Å²) in [6.45, 7) is 1.73. The summed E-state index contributed by atoms with van der Waals surface area (Å²) >= 11 is 1.88. The molecule has 1 aromatic rings. The van der Waals surface area contributed by atoms with E-state index >= 15 is 0 Å². The Balaban J connectivity index is 1.93. The first-order valence-electron chi connectivity index (χ1n) is 5.39. The molecule has 1 aliphatic heterocycles. The zero-order chi connectivity index (χ0) is 11.4. The molecule has 0 amide bonds. The Bertz CT molecular complexity index is 342. The van der Waals surface area contributed by atoms with Gasteiger partial charge in [0.1, 0.15) is 5.75 Å². The molecule has 1 unspecified atom stereocenters. The zero-order valence-electron chi connectivity index (χ0n) is 9.39. The SMILES string of the molecule is COc1ccccc1C(N)CSC1COC1. The third-order valence-corrected chi connectivity index (χ3v) is 3.95. The molecule has 1 atom stereocenters. The van der Waals surface area contributed by atoms with Crippen LogP contribution in [0.4, 0.5) is 0 Å². The van der Waals surface area contributed by atoms with Gasteiger partial charge in [0.05, 0.1) is 25.6 Å². The topological polar surface area (TPSA) is 44.5 Å². The van der Waals surface area contributed by atoms with Crippen LogP contribution < -0.4 is 10.5 Å². The molecule has 0 aliphatic carbocycles. The van der Waals surface area contributed by atoms with Gasteiger partial charge in [0, 0.05) is 17.4 Å². The van der Waals surface area contributed by atoms with Crippen LogP contribution in [0.2, 0.25) is 0 Å². The molecule has 1 heterocycles. The van der Waals surface area contributed by atoms with E-state index < -0.39 is 0 Å². The minimum absolute atomic E-state index is 0.0294. The smallest absolute Gasteiger partial charge is 0.123 e. The molecule has 4 heteroatoms. The second-order valence-corrected chi connectivity index (χ2v) is 5.17. The van der Waals surface area contributed by atoms with Crippen LogP contribution in [0.25, 0.3) is 0 Å². The molecule has 0 aromatic heterocycles. The number of nitrogens with two attached hydrogens (primary N) is 1. The van der Waals surface area contributed by atoms with Gasteiger partial charge in [0.2, 0.25) is 0 Å². The third kappa shape index (κ3) is 2.70. The number of para-hydroxylation sites is 1. The highest BCUT2D eigenvalue weighted by Crippen LogP contribution is 2.28. The average molecular weight is 239 g/mol. The Morgan fingerprint density at radius 2 is 2.25 bits per heavy atom. The van der Waals surface area contributed by atoms with Crippen molar-refractivity contribution in [3.63, 3.8) is 0 Å². The van der Waals surface area contributed by atoms with Gasteiger partial charge in [0.15, 0.2) is 0 Å². The first-order chi connectivity index (χ1) is 7.81. The summed E-state index contributed by atoms with van der Waals surface area (Å²) in [6.07, 6.45) is 0. The quantitative estimate of drug-likeness (QED) is 0.851. The van der Waals surface area contributed by atoms with Gasteiger partial charge in [-0.05, 0) is 6.07 Å². The fraction of sp³-hybridized carbons (Fsp3) is 0.500. The molecule has 2 N–H and O–H groups in total. The Morgan fingerprint density at radius 3 is 2.88 bits per heavy atom. The molecular weight excluding hydrogens is 222 g/mol. The predicted molar refractivity (Wildman–Crippen MR) is 67.0 cm³/mol. The summed E-state index contributed by atoms with van der Waals surface area (Å²) in [5, 5.41) is 0.626. The molecule has 0 spiro atoms. The molecule has 16 heavy (non-hydrogen) atoms. The van der Waals surface area contributed by atoms with E-state index in [1.165, 1.54) is 0 Å². The van der Waals surface area contributed by atoms with Crippen LogP contribution >= 0.6 is 11.8 Å². The summed E-state index contributed by atoms with van der Waals surface area (Å²) in [4.78, 5) is 0. The van der Waals surface area contributed by atoms with E-state index in [1.54, 1.807) is 7.11 Å². The molecule has 1 aromatic carbocycles. The second kappa shape index (κ2) is 5.57. The van der Waals surface area contributed by atoms with Crippen LogP contribution in [-0.2, 0) is 4.74 Å². The first kappa shape index (κ1) is 11.8. The largest absolute Gasteiger partial charge is 0.496 e. The monoisotopic (exact) mass is 239 g/mol. The lowest BCUT2D eigenvalue weighted by molar-refractivity contribution is 0.0455. The van der Waals surface area contributed by atoms with Crippen LogP contribution in [0.3, 0.4) is 0 Å². The second-order valence-electron chi connectivity index (χ2n) is 3.84. The maximum atomic E-state index is 6.16. The normalized spacial score (nSPS) is 17.9. The van der Waals surface area contributed by atoms with Crippen molar-refractivity contribution in [3.8, 4) is 5.75 Å². The summed E-state index contributed by atoms with van der Waals surface area (Å²) < 4.78 is 10.4. The van der Waals surface area contributed by atoms with E-state index in [4.69, 9.17) is 15.2 Å². The molecule has 0 radical (unpaired) electrons. The molecular formula is C12H17NO2S. The fourth-order valence-corrected chi connectivity index (χ4v) is 2.66. The van der Waals surface area contributed by atoms with Crippen molar-refractivity contribution in [2.45, 2.75) is 11.3 Å². The average Bonchev–Trinajstić information content (AvgIpc) is 2.26. The summed E-state index contributed by atoms with van der Waals surface area (Å²) in [5.41, 5.74) is 7.24. The first-order valence-corrected chi connectivity index (χ1v) is 6.44. The van der Waals surface area contributed by atoms with Crippen LogP contribution in [0, 0.1) is 0 Å². The number of rotatable bonds is 5. The van der Waals surface area contributed by atoms with Gasteiger partial charge in [0.25, 0.3) is 0 Å². The number of hydrogen-bond donors (Lipinski definition) is 1. The molecule has 88 valence electrons. The van der Waals surface area contributed by atoms with Gasteiger partial charge in [-0.1, -0.05) is 18.2 Å². The summed E-state index contributed by atoms with van der Waals surface area (Å²) in [5.74, 6) is 1.79. The number of benzene rings is 1. The maximum absolute atomic E-state index is 6.16. The minimum Gasteiger partial charge on any atom is -0.496 e. The Labute approximate surface area is 100 Å². The van der Waals surface area contributed by atoms with Gasteiger partial charge in [-0.3, -0.25) is 0 Å². The number of hydrogen-bond acceptors (Lipinski definition) is 4. The molecule has 2 rings (SSSR count). The lowest BCUT2D eigenvalue weighted by atomic mass is 10.1. The Kier molecular flexibility index (Phi) is 4.09. The highest BCUT2D eigenvalue weighted by atomic mass is 32.2. The highest BCUT2D eigenvalue weighted by molar-refractivity contribution is 8.00. The van der Waals surface area contributed by atoms with Crippen LogP contribution in [0.5, 0.6) is 5.75 Å². The third-order valence-electron chi connectivity index (χ3n) is 2.66. The van der Waals surface area contributed by atoms with Crippen molar-refractivity contribution in [2.24, 2.45) is 5.73 Å². The Hall–Kier alpha value is -0.710. The number of thioether (sulfide) groups is 1. The van der Waals surface area contributed by atoms with Crippen molar-refractivity contribution in [1.29, 1.82) is 0 Å². The van der Waals surface area contributed by atoms with Crippen molar-refractivity contribution >= 4 is 11.8 Å². The van der Waals surface area contributed by atoms with E-state index in [0.29, 0.717) is 5.25 Å². The van der Waals surface area contributed by atoms with Gasteiger partial charge in [-0.25, -0.2) is 0 Å². The number of methoxy groups -OCH3 is 1. The zero-order valence-corrected chi connectivity index (χ0v) is 10.2. The summed E-state index contributed by atoms with van der Waals surface area (Å²) in [6, 6.07) is 7.96. The van der Waals surface area contributed by atoms with E-state index in [0.717, 1.165) is 30.3 Å². The van der Waals surface area contributed by atoms with Crippen LogP contribution in [0.15, 0.2) is 24.3 Å². The molecule has 3 nitrogen and oxygen atoms in total. The van der Waals surface area contributed by atoms with Gasteiger partial charge < -0.3 is 15.2 Å². The van der Waals surface area contributed by atoms with Gasteiger partial charge in [-0.15, -0.1) is 0 Å². The van der Waals surface area contributed by atoms with Gasteiger partial charge >= 0.3 is 0 Å². The van der Waals surface area contributed by atoms with Crippen molar-refractivity contribution in [2.75, 3.05) is 26.1 Å². The lowest BCUT2D eigenvalue weighted by Gasteiger charge is -2.26. The van der Waals surface area contributed by atoms with Crippen LogP contribution in [0.1, 0.15) is 11.6 Å².